The summed E-state index contributed by atoms with van der Waals surface area (Å²) >= 11 is 0. The van der Waals surface area contributed by atoms with Crippen LogP contribution in [0, 0.1) is 12.8 Å². The molecule has 19 heavy (non-hydrogen) atoms. The van der Waals surface area contributed by atoms with Gasteiger partial charge in [-0.05, 0) is 56.0 Å². The van der Waals surface area contributed by atoms with Gasteiger partial charge in [-0.25, -0.2) is 0 Å². The van der Waals surface area contributed by atoms with E-state index in [4.69, 9.17) is 0 Å². The second-order valence-electron chi connectivity index (χ2n) is 5.38. The van der Waals surface area contributed by atoms with Crippen LogP contribution in [0.1, 0.15) is 49.4 Å². The average molecular weight is 273 g/mol. The lowest BCUT2D eigenvalue weighted by atomic mass is 9.93. The molecule has 0 aliphatic carbocycles. The summed E-state index contributed by atoms with van der Waals surface area (Å²) < 4.78 is 37.9. The van der Waals surface area contributed by atoms with Gasteiger partial charge in [0.05, 0.1) is 5.56 Å². The Labute approximate surface area is 113 Å². The van der Waals surface area contributed by atoms with Crippen LogP contribution in [0.2, 0.25) is 0 Å². The van der Waals surface area contributed by atoms with Crippen molar-refractivity contribution in [2.24, 2.45) is 5.92 Å². The van der Waals surface area contributed by atoms with E-state index in [9.17, 15) is 13.2 Å². The van der Waals surface area contributed by atoms with E-state index in [0.717, 1.165) is 18.4 Å². The predicted octanol–water partition coefficient (Wildman–Crippen LogP) is 4.71. The van der Waals surface area contributed by atoms with Crippen LogP contribution in [0.15, 0.2) is 18.2 Å². The zero-order valence-corrected chi connectivity index (χ0v) is 11.9. The molecule has 1 atom stereocenters. The topological polar surface area (TPSA) is 12.0 Å². The molecule has 0 radical (unpaired) electrons. The maximum Gasteiger partial charge on any atom is 0.416 e. The monoisotopic (exact) mass is 273 g/mol. The fourth-order valence-corrected chi connectivity index (χ4v) is 2.20. The summed E-state index contributed by atoms with van der Waals surface area (Å²) in [4.78, 5) is 0. The molecule has 1 N–H and O–H groups in total. The number of rotatable bonds is 5. The van der Waals surface area contributed by atoms with Gasteiger partial charge in [0.25, 0.3) is 0 Å². The fraction of sp³-hybridized carbons (Fsp3) is 0.600. The zero-order chi connectivity index (χ0) is 14.6. The Morgan fingerprint density at radius 3 is 2.21 bits per heavy atom. The quantitative estimate of drug-likeness (QED) is 0.819. The van der Waals surface area contributed by atoms with Crippen molar-refractivity contribution in [3.63, 3.8) is 0 Å². The second-order valence-corrected chi connectivity index (χ2v) is 5.38. The van der Waals surface area contributed by atoms with Crippen molar-refractivity contribution in [3.05, 3.63) is 34.9 Å². The molecule has 0 heterocycles. The molecular formula is C15H22F3N. The Morgan fingerprint density at radius 2 is 1.79 bits per heavy atom. The van der Waals surface area contributed by atoms with E-state index in [0.29, 0.717) is 11.5 Å². The van der Waals surface area contributed by atoms with Crippen LogP contribution in [0.5, 0.6) is 0 Å². The number of alkyl halides is 3. The highest BCUT2D eigenvalue weighted by atomic mass is 19.4. The van der Waals surface area contributed by atoms with Crippen LogP contribution >= 0.6 is 0 Å². The van der Waals surface area contributed by atoms with Gasteiger partial charge in [0.15, 0.2) is 0 Å². The Balaban J connectivity index is 2.93. The maximum atomic E-state index is 12.6. The van der Waals surface area contributed by atoms with E-state index in [-0.39, 0.29) is 6.04 Å². The van der Waals surface area contributed by atoms with Gasteiger partial charge >= 0.3 is 6.18 Å². The van der Waals surface area contributed by atoms with Crippen molar-refractivity contribution in [2.75, 3.05) is 7.05 Å². The van der Waals surface area contributed by atoms with Crippen molar-refractivity contribution < 1.29 is 13.2 Å². The molecule has 0 saturated carbocycles. The van der Waals surface area contributed by atoms with Crippen molar-refractivity contribution in [1.82, 2.24) is 5.32 Å². The van der Waals surface area contributed by atoms with Gasteiger partial charge in [0.2, 0.25) is 0 Å². The SMILES string of the molecule is CNC(CCC(C)C)c1ccc(C(F)(F)F)cc1C. The standard InChI is InChI=1S/C15H22F3N/c1-10(2)5-8-14(19-4)13-7-6-12(9-11(13)3)15(16,17)18/h6-7,9-10,14,19H,5,8H2,1-4H3. The first-order valence-corrected chi connectivity index (χ1v) is 6.60. The van der Waals surface area contributed by atoms with Gasteiger partial charge in [0.1, 0.15) is 0 Å². The Kier molecular flexibility index (Phi) is 5.41. The molecule has 0 spiro atoms. The molecule has 1 unspecified atom stereocenters. The van der Waals surface area contributed by atoms with E-state index in [1.54, 1.807) is 13.0 Å². The van der Waals surface area contributed by atoms with E-state index < -0.39 is 11.7 Å². The summed E-state index contributed by atoms with van der Waals surface area (Å²) in [5, 5.41) is 3.19. The molecule has 1 nitrogen and oxygen atoms in total. The van der Waals surface area contributed by atoms with Gasteiger partial charge in [0, 0.05) is 6.04 Å². The summed E-state index contributed by atoms with van der Waals surface area (Å²) in [6.07, 6.45) is -2.29. The third-order valence-electron chi connectivity index (χ3n) is 3.35. The van der Waals surface area contributed by atoms with Gasteiger partial charge in [-0.1, -0.05) is 19.9 Å². The van der Waals surface area contributed by atoms with Gasteiger partial charge in [-0.2, -0.15) is 13.2 Å². The third kappa shape index (κ3) is 4.53. The highest BCUT2D eigenvalue weighted by Gasteiger charge is 2.31. The largest absolute Gasteiger partial charge is 0.416 e. The van der Waals surface area contributed by atoms with Crippen molar-refractivity contribution >= 4 is 0 Å². The summed E-state index contributed by atoms with van der Waals surface area (Å²) in [5.74, 6) is 0.589. The van der Waals surface area contributed by atoms with Gasteiger partial charge in [-0.3, -0.25) is 0 Å². The summed E-state index contributed by atoms with van der Waals surface area (Å²) in [6.45, 7) is 6.03. The number of halogens is 3. The van der Waals surface area contributed by atoms with Gasteiger partial charge < -0.3 is 5.32 Å². The fourth-order valence-electron chi connectivity index (χ4n) is 2.20. The minimum absolute atomic E-state index is 0.115. The number of hydrogen-bond donors (Lipinski definition) is 1. The molecule has 0 aromatic heterocycles. The Bertz CT molecular complexity index is 410. The van der Waals surface area contributed by atoms with E-state index in [2.05, 4.69) is 19.2 Å². The van der Waals surface area contributed by atoms with E-state index in [1.807, 2.05) is 7.05 Å². The molecule has 0 fully saturated rings. The minimum Gasteiger partial charge on any atom is -0.313 e. The number of hydrogen-bond acceptors (Lipinski definition) is 1. The highest BCUT2D eigenvalue weighted by molar-refractivity contribution is 5.34. The molecule has 0 aliphatic heterocycles. The lowest BCUT2D eigenvalue weighted by molar-refractivity contribution is -0.137. The van der Waals surface area contributed by atoms with Gasteiger partial charge in [-0.15, -0.1) is 0 Å². The molecule has 1 rings (SSSR count). The summed E-state index contributed by atoms with van der Waals surface area (Å²) in [7, 11) is 1.85. The highest BCUT2D eigenvalue weighted by Crippen LogP contribution is 2.32. The van der Waals surface area contributed by atoms with Crippen LogP contribution in [0.3, 0.4) is 0 Å². The Morgan fingerprint density at radius 1 is 1.16 bits per heavy atom. The molecule has 0 bridgehead atoms. The van der Waals surface area contributed by atoms with Crippen molar-refractivity contribution in [2.45, 2.75) is 45.8 Å². The van der Waals surface area contributed by atoms with Crippen LogP contribution in [-0.2, 0) is 6.18 Å². The first-order valence-electron chi connectivity index (χ1n) is 6.60. The van der Waals surface area contributed by atoms with Crippen LogP contribution in [-0.4, -0.2) is 7.05 Å². The van der Waals surface area contributed by atoms with Crippen molar-refractivity contribution in [3.8, 4) is 0 Å². The maximum absolute atomic E-state index is 12.6. The molecule has 1 aromatic rings. The first kappa shape index (κ1) is 16.0. The minimum atomic E-state index is -4.27. The molecular weight excluding hydrogens is 251 g/mol. The molecule has 4 heteroatoms. The molecule has 0 aliphatic rings. The molecule has 0 amide bonds. The smallest absolute Gasteiger partial charge is 0.313 e. The van der Waals surface area contributed by atoms with E-state index in [1.165, 1.54) is 12.1 Å². The van der Waals surface area contributed by atoms with Crippen LogP contribution in [0.4, 0.5) is 13.2 Å². The van der Waals surface area contributed by atoms with E-state index >= 15 is 0 Å². The predicted molar refractivity (Wildman–Crippen MR) is 72.1 cm³/mol. The lowest BCUT2D eigenvalue weighted by Gasteiger charge is -2.21. The van der Waals surface area contributed by atoms with Crippen molar-refractivity contribution in [1.29, 1.82) is 0 Å². The average Bonchev–Trinajstić information content (AvgIpc) is 2.29. The zero-order valence-electron chi connectivity index (χ0n) is 11.9. The number of benzene rings is 1. The normalized spacial score (nSPS) is 13.9. The number of aryl methyl sites for hydroxylation is 1. The number of nitrogens with one attached hydrogen (secondary N) is 1. The molecule has 1 aromatic carbocycles. The summed E-state index contributed by atoms with van der Waals surface area (Å²) in [6, 6.07) is 4.11. The molecule has 108 valence electrons. The molecule has 0 saturated heterocycles. The van der Waals surface area contributed by atoms with Crippen LogP contribution in [0.25, 0.3) is 0 Å². The third-order valence-corrected chi connectivity index (χ3v) is 3.35. The Hall–Kier alpha value is -1.03. The van der Waals surface area contributed by atoms with Crippen LogP contribution < -0.4 is 5.32 Å². The second kappa shape index (κ2) is 6.42. The lowest BCUT2D eigenvalue weighted by Crippen LogP contribution is -2.18. The summed E-state index contributed by atoms with van der Waals surface area (Å²) in [5.41, 5.74) is 1.07. The first-order chi connectivity index (χ1) is 8.75.